The van der Waals surface area contributed by atoms with Gasteiger partial charge in [-0.25, -0.2) is 4.39 Å². The van der Waals surface area contributed by atoms with E-state index < -0.39 is 0 Å². The molecule has 0 bridgehead atoms. The van der Waals surface area contributed by atoms with Crippen molar-refractivity contribution < 1.29 is 9.13 Å². The second-order valence-electron chi connectivity index (χ2n) is 4.20. The van der Waals surface area contributed by atoms with Gasteiger partial charge in [-0.1, -0.05) is 13.0 Å². The fourth-order valence-corrected chi connectivity index (χ4v) is 1.38. The lowest BCUT2D eigenvalue weighted by molar-refractivity contribution is 0.252. The first-order valence-electron chi connectivity index (χ1n) is 5.90. The maximum atomic E-state index is 13.6. The molecule has 0 spiro atoms. The van der Waals surface area contributed by atoms with E-state index in [1.165, 1.54) is 6.07 Å². The van der Waals surface area contributed by atoms with Crippen molar-refractivity contribution in [3.05, 3.63) is 29.6 Å². The van der Waals surface area contributed by atoms with E-state index in [1.54, 1.807) is 6.07 Å². The molecule has 3 nitrogen and oxygen atoms in total. The standard InChI is InChI=1S/C13H21FN2O/c1-4-15-10-11-5-6-13(12(14)9-11)17-8-7-16(2)3/h5-6,9,15H,4,7-8,10H2,1-3H3. The van der Waals surface area contributed by atoms with E-state index in [9.17, 15) is 4.39 Å². The number of ether oxygens (including phenoxy) is 1. The summed E-state index contributed by atoms with van der Waals surface area (Å²) in [5, 5.41) is 3.16. The molecule has 96 valence electrons. The number of halogens is 1. The molecule has 0 unspecified atom stereocenters. The van der Waals surface area contributed by atoms with Gasteiger partial charge < -0.3 is 15.0 Å². The number of hydrogen-bond acceptors (Lipinski definition) is 3. The molecule has 1 N–H and O–H groups in total. The van der Waals surface area contributed by atoms with E-state index in [1.807, 2.05) is 32.0 Å². The summed E-state index contributed by atoms with van der Waals surface area (Å²) in [6.07, 6.45) is 0. The highest BCUT2D eigenvalue weighted by Crippen LogP contribution is 2.18. The summed E-state index contributed by atoms with van der Waals surface area (Å²) >= 11 is 0. The maximum absolute atomic E-state index is 13.6. The van der Waals surface area contributed by atoms with Crippen LogP contribution in [0.2, 0.25) is 0 Å². The van der Waals surface area contributed by atoms with Gasteiger partial charge in [-0.05, 0) is 38.3 Å². The van der Waals surface area contributed by atoms with E-state index in [0.717, 1.165) is 18.7 Å². The molecule has 1 rings (SSSR count). The van der Waals surface area contributed by atoms with Crippen molar-refractivity contribution in [1.29, 1.82) is 0 Å². The van der Waals surface area contributed by atoms with E-state index in [0.29, 0.717) is 18.9 Å². The normalized spacial score (nSPS) is 10.9. The Morgan fingerprint density at radius 2 is 2.12 bits per heavy atom. The molecule has 0 saturated carbocycles. The summed E-state index contributed by atoms with van der Waals surface area (Å²) in [5.74, 6) is 0.0336. The summed E-state index contributed by atoms with van der Waals surface area (Å²) in [5.41, 5.74) is 0.935. The van der Waals surface area contributed by atoms with Gasteiger partial charge in [0.2, 0.25) is 0 Å². The third kappa shape index (κ3) is 5.15. The molecule has 1 aromatic carbocycles. The highest BCUT2D eigenvalue weighted by molar-refractivity contribution is 5.29. The zero-order valence-electron chi connectivity index (χ0n) is 10.8. The van der Waals surface area contributed by atoms with Crippen molar-refractivity contribution in [3.8, 4) is 5.75 Å². The largest absolute Gasteiger partial charge is 0.489 e. The molecule has 0 fully saturated rings. The van der Waals surface area contributed by atoms with E-state index in [2.05, 4.69) is 5.32 Å². The fraction of sp³-hybridized carbons (Fsp3) is 0.538. The Balaban J connectivity index is 2.50. The molecule has 0 aliphatic carbocycles. The van der Waals surface area contributed by atoms with Crippen molar-refractivity contribution >= 4 is 0 Å². The predicted molar refractivity (Wildman–Crippen MR) is 67.8 cm³/mol. The maximum Gasteiger partial charge on any atom is 0.165 e. The Bertz CT molecular complexity index is 342. The summed E-state index contributed by atoms with van der Waals surface area (Å²) in [4.78, 5) is 2.00. The number of likely N-dealkylation sites (N-methyl/N-ethyl adjacent to an activating group) is 1. The van der Waals surface area contributed by atoms with Gasteiger partial charge in [-0.2, -0.15) is 0 Å². The summed E-state index contributed by atoms with van der Waals surface area (Å²) in [6, 6.07) is 5.10. The van der Waals surface area contributed by atoms with Crippen molar-refractivity contribution in [1.82, 2.24) is 10.2 Å². The molecule has 1 aromatic rings. The van der Waals surface area contributed by atoms with Crippen LogP contribution in [-0.4, -0.2) is 38.7 Å². The Morgan fingerprint density at radius 1 is 1.35 bits per heavy atom. The highest BCUT2D eigenvalue weighted by atomic mass is 19.1. The Morgan fingerprint density at radius 3 is 2.71 bits per heavy atom. The lowest BCUT2D eigenvalue weighted by Crippen LogP contribution is -2.19. The topological polar surface area (TPSA) is 24.5 Å². The first-order chi connectivity index (χ1) is 8.13. The molecular weight excluding hydrogens is 219 g/mol. The minimum absolute atomic E-state index is 0.292. The average molecular weight is 240 g/mol. The van der Waals surface area contributed by atoms with Gasteiger partial charge in [0.15, 0.2) is 11.6 Å². The molecule has 0 heterocycles. The van der Waals surface area contributed by atoms with Crippen molar-refractivity contribution in [2.24, 2.45) is 0 Å². The summed E-state index contributed by atoms with van der Waals surface area (Å²) < 4.78 is 19.0. The van der Waals surface area contributed by atoms with Crippen molar-refractivity contribution in [2.45, 2.75) is 13.5 Å². The lowest BCUT2D eigenvalue weighted by Gasteiger charge is -2.12. The van der Waals surface area contributed by atoms with Crippen LogP contribution >= 0.6 is 0 Å². The van der Waals surface area contributed by atoms with Gasteiger partial charge in [0.1, 0.15) is 6.61 Å². The van der Waals surface area contributed by atoms with Gasteiger partial charge >= 0.3 is 0 Å². The molecule has 17 heavy (non-hydrogen) atoms. The second-order valence-corrected chi connectivity index (χ2v) is 4.20. The molecule has 0 aromatic heterocycles. The van der Waals surface area contributed by atoms with Gasteiger partial charge in [-0.15, -0.1) is 0 Å². The van der Waals surface area contributed by atoms with Gasteiger partial charge in [-0.3, -0.25) is 0 Å². The van der Waals surface area contributed by atoms with Crippen LogP contribution in [0.4, 0.5) is 4.39 Å². The number of nitrogens with one attached hydrogen (secondary N) is 1. The summed E-state index contributed by atoms with van der Waals surface area (Å²) in [6.45, 7) is 4.86. The Kier molecular flexibility index (Phi) is 5.94. The van der Waals surface area contributed by atoms with Crippen molar-refractivity contribution in [2.75, 3.05) is 33.8 Å². The molecular formula is C13H21FN2O. The third-order valence-corrected chi connectivity index (χ3v) is 2.37. The Hall–Kier alpha value is -1.13. The van der Waals surface area contributed by atoms with Crippen LogP contribution in [0, 0.1) is 5.82 Å². The summed E-state index contributed by atoms with van der Waals surface area (Å²) in [7, 11) is 3.92. The zero-order chi connectivity index (χ0) is 12.7. The number of rotatable bonds is 7. The van der Waals surface area contributed by atoms with Crippen LogP contribution in [0.15, 0.2) is 18.2 Å². The number of nitrogens with zero attached hydrogens (tertiary/aromatic N) is 1. The average Bonchev–Trinajstić information content (AvgIpc) is 2.28. The van der Waals surface area contributed by atoms with E-state index in [4.69, 9.17) is 4.74 Å². The molecule has 0 atom stereocenters. The first kappa shape index (κ1) is 13.9. The zero-order valence-corrected chi connectivity index (χ0v) is 10.8. The van der Waals surface area contributed by atoms with Crippen LogP contribution in [0.1, 0.15) is 12.5 Å². The number of hydrogen-bond donors (Lipinski definition) is 1. The SMILES string of the molecule is CCNCc1ccc(OCCN(C)C)c(F)c1. The highest BCUT2D eigenvalue weighted by Gasteiger charge is 2.04. The monoisotopic (exact) mass is 240 g/mol. The molecule has 0 aliphatic rings. The predicted octanol–water partition coefficient (Wildman–Crippen LogP) is 1.88. The van der Waals surface area contributed by atoms with Gasteiger partial charge in [0.05, 0.1) is 0 Å². The van der Waals surface area contributed by atoms with E-state index >= 15 is 0 Å². The van der Waals surface area contributed by atoms with Crippen LogP contribution in [0.5, 0.6) is 5.75 Å². The molecule has 4 heteroatoms. The molecule has 0 aliphatic heterocycles. The quantitative estimate of drug-likeness (QED) is 0.787. The molecule has 0 saturated heterocycles. The smallest absolute Gasteiger partial charge is 0.165 e. The fourth-order valence-electron chi connectivity index (χ4n) is 1.38. The Labute approximate surface area is 103 Å². The third-order valence-electron chi connectivity index (χ3n) is 2.37. The van der Waals surface area contributed by atoms with Crippen LogP contribution in [-0.2, 0) is 6.54 Å². The van der Waals surface area contributed by atoms with Crippen LogP contribution in [0.25, 0.3) is 0 Å². The van der Waals surface area contributed by atoms with Crippen LogP contribution in [0.3, 0.4) is 0 Å². The minimum Gasteiger partial charge on any atom is -0.489 e. The molecule has 0 radical (unpaired) electrons. The lowest BCUT2D eigenvalue weighted by atomic mass is 10.2. The van der Waals surface area contributed by atoms with Crippen LogP contribution < -0.4 is 10.1 Å². The number of benzene rings is 1. The van der Waals surface area contributed by atoms with Gasteiger partial charge in [0.25, 0.3) is 0 Å². The second kappa shape index (κ2) is 7.25. The first-order valence-corrected chi connectivity index (χ1v) is 5.90. The minimum atomic E-state index is -0.292. The van der Waals surface area contributed by atoms with Crippen molar-refractivity contribution in [3.63, 3.8) is 0 Å². The van der Waals surface area contributed by atoms with E-state index in [-0.39, 0.29) is 5.82 Å². The van der Waals surface area contributed by atoms with Gasteiger partial charge in [0, 0.05) is 13.1 Å². The molecule has 0 amide bonds.